The summed E-state index contributed by atoms with van der Waals surface area (Å²) < 4.78 is 0.748. The lowest BCUT2D eigenvalue weighted by Crippen LogP contribution is -2.32. The van der Waals surface area contributed by atoms with E-state index in [1.165, 1.54) is 16.2 Å². The number of thiazole rings is 1. The molecule has 7 nitrogen and oxygen atoms in total. The number of carbonyl (C=O) groups excluding carboxylic acids is 3. The zero-order valence-corrected chi connectivity index (χ0v) is 18.2. The van der Waals surface area contributed by atoms with E-state index in [0.29, 0.717) is 24.1 Å². The van der Waals surface area contributed by atoms with Crippen LogP contribution in [0.5, 0.6) is 0 Å². The summed E-state index contributed by atoms with van der Waals surface area (Å²) in [5.41, 5.74) is 2.63. The number of halogens is 1. The van der Waals surface area contributed by atoms with Gasteiger partial charge in [0.25, 0.3) is 11.8 Å². The summed E-state index contributed by atoms with van der Waals surface area (Å²) in [6, 6.07) is 8.79. The Bertz CT molecular complexity index is 1120. The van der Waals surface area contributed by atoms with Gasteiger partial charge in [-0.1, -0.05) is 15.9 Å². The van der Waals surface area contributed by atoms with Crippen molar-refractivity contribution < 1.29 is 14.4 Å². The van der Waals surface area contributed by atoms with E-state index in [0.717, 1.165) is 20.7 Å². The van der Waals surface area contributed by atoms with Gasteiger partial charge in [0, 0.05) is 40.8 Å². The van der Waals surface area contributed by atoms with Crippen LogP contribution in [0.2, 0.25) is 0 Å². The molecule has 0 radical (unpaired) electrons. The Morgan fingerprint density at radius 2 is 1.87 bits per heavy atom. The average molecular weight is 485 g/mol. The molecule has 152 valence electrons. The number of nitrogens with zero attached hydrogens (tertiary/aromatic N) is 3. The lowest BCUT2D eigenvalue weighted by molar-refractivity contribution is -0.121. The van der Waals surface area contributed by atoms with Crippen molar-refractivity contribution >= 4 is 45.0 Å². The molecular weight excluding hydrogens is 468 g/mol. The fourth-order valence-corrected chi connectivity index (χ4v) is 4.28. The Kier molecular flexibility index (Phi) is 6.01. The Morgan fingerprint density at radius 3 is 2.67 bits per heavy atom. The molecule has 1 aliphatic rings. The molecule has 0 fully saturated rings. The fraction of sp³-hybridized carbons (Fsp3) is 0.190. The molecule has 3 heterocycles. The molecule has 9 heteroatoms. The van der Waals surface area contributed by atoms with Crippen molar-refractivity contribution in [3.8, 4) is 11.3 Å². The van der Waals surface area contributed by atoms with Gasteiger partial charge >= 0.3 is 0 Å². The lowest BCUT2D eigenvalue weighted by atomic mass is 10.1. The van der Waals surface area contributed by atoms with Gasteiger partial charge in [0.15, 0.2) is 0 Å². The summed E-state index contributed by atoms with van der Waals surface area (Å²) in [4.78, 5) is 46.7. The number of pyridine rings is 1. The number of carbonyl (C=O) groups is 3. The zero-order chi connectivity index (χ0) is 21.1. The molecule has 2 aromatic heterocycles. The monoisotopic (exact) mass is 484 g/mol. The minimum atomic E-state index is -0.317. The highest BCUT2D eigenvalue weighted by molar-refractivity contribution is 9.10. The highest BCUT2D eigenvalue weighted by Crippen LogP contribution is 2.26. The minimum Gasteiger partial charge on any atom is -0.350 e. The van der Waals surface area contributed by atoms with Crippen molar-refractivity contribution in [1.29, 1.82) is 0 Å². The summed E-state index contributed by atoms with van der Waals surface area (Å²) in [7, 11) is 0. The molecule has 0 bridgehead atoms. The first-order valence-corrected chi connectivity index (χ1v) is 11.0. The van der Waals surface area contributed by atoms with Crippen LogP contribution in [0.25, 0.3) is 11.3 Å². The maximum Gasteiger partial charge on any atom is 0.261 e. The van der Waals surface area contributed by atoms with Crippen LogP contribution < -0.4 is 5.32 Å². The van der Waals surface area contributed by atoms with Crippen molar-refractivity contribution in [2.45, 2.75) is 19.4 Å². The van der Waals surface area contributed by atoms with E-state index in [1.54, 1.807) is 30.6 Å². The molecule has 1 aromatic carbocycles. The van der Waals surface area contributed by atoms with Crippen molar-refractivity contribution in [1.82, 2.24) is 20.2 Å². The van der Waals surface area contributed by atoms with Crippen LogP contribution in [-0.4, -0.2) is 39.1 Å². The van der Waals surface area contributed by atoms with Gasteiger partial charge in [-0.2, -0.15) is 0 Å². The second-order valence-electron chi connectivity index (χ2n) is 6.69. The van der Waals surface area contributed by atoms with Crippen LogP contribution >= 0.6 is 27.3 Å². The quantitative estimate of drug-likeness (QED) is 0.516. The molecule has 3 aromatic rings. The van der Waals surface area contributed by atoms with Crippen LogP contribution in [0.1, 0.15) is 38.6 Å². The van der Waals surface area contributed by atoms with E-state index in [1.807, 2.05) is 17.5 Å². The summed E-state index contributed by atoms with van der Waals surface area (Å²) in [5, 5.41) is 5.59. The molecule has 0 spiro atoms. The SMILES string of the molecule is O=C(CCCN1C(=O)c2ccc(Br)cc2C1=O)NCc1nc(-c2ccncc2)cs1. The van der Waals surface area contributed by atoms with E-state index < -0.39 is 0 Å². The first kappa shape index (κ1) is 20.4. The first-order valence-electron chi connectivity index (χ1n) is 9.30. The molecule has 1 aliphatic heterocycles. The average Bonchev–Trinajstić information content (AvgIpc) is 3.32. The third kappa shape index (κ3) is 4.31. The number of fused-ring (bicyclic) bond motifs is 1. The van der Waals surface area contributed by atoms with Crippen LogP contribution in [0.4, 0.5) is 0 Å². The van der Waals surface area contributed by atoms with Gasteiger partial charge in [-0.25, -0.2) is 4.98 Å². The second-order valence-corrected chi connectivity index (χ2v) is 8.55. The standard InChI is InChI=1S/C21H17BrN4O3S/c22-14-3-4-15-16(10-14)21(29)26(20(15)28)9-1-2-18(27)24-11-19-25-17(12-30-19)13-5-7-23-8-6-13/h3-8,10,12H,1-2,9,11H2,(H,24,27). The molecule has 0 aliphatic carbocycles. The molecule has 3 amide bonds. The normalized spacial score (nSPS) is 12.9. The first-order chi connectivity index (χ1) is 14.5. The summed E-state index contributed by atoms with van der Waals surface area (Å²) in [6.45, 7) is 0.552. The third-order valence-electron chi connectivity index (χ3n) is 4.68. The smallest absolute Gasteiger partial charge is 0.261 e. The second kappa shape index (κ2) is 8.85. The van der Waals surface area contributed by atoms with E-state index in [-0.39, 0.29) is 30.7 Å². The predicted molar refractivity (Wildman–Crippen MR) is 116 cm³/mol. The predicted octanol–water partition coefficient (Wildman–Crippen LogP) is 3.66. The van der Waals surface area contributed by atoms with Crippen molar-refractivity contribution in [3.63, 3.8) is 0 Å². The summed E-state index contributed by atoms with van der Waals surface area (Å²) in [6.07, 6.45) is 4.05. The zero-order valence-electron chi connectivity index (χ0n) is 15.8. The molecule has 0 unspecified atom stereocenters. The number of rotatable bonds is 7. The van der Waals surface area contributed by atoms with Gasteiger partial charge < -0.3 is 5.32 Å². The number of nitrogens with one attached hydrogen (secondary N) is 1. The number of amides is 3. The third-order valence-corrected chi connectivity index (χ3v) is 6.02. The largest absolute Gasteiger partial charge is 0.350 e. The molecule has 4 rings (SSSR count). The molecular formula is C21H17BrN4O3S. The number of imide groups is 1. The molecule has 0 atom stereocenters. The lowest BCUT2D eigenvalue weighted by Gasteiger charge is -2.13. The van der Waals surface area contributed by atoms with Gasteiger partial charge in [0.1, 0.15) is 5.01 Å². The van der Waals surface area contributed by atoms with Crippen LogP contribution in [0.3, 0.4) is 0 Å². The maximum atomic E-state index is 12.4. The van der Waals surface area contributed by atoms with Crippen LogP contribution in [-0.2, 0) is 11.3 Å². The van der Waals surface area contributed by atoms with Gasteiger partial charge in [-0.15, -0.1) is 11.3 Å². The number of hydrogen-bond acceptors (Lipinski definition) is 6. The Labute approximate surface area is 185 Å². The van der Waals surface area contributed by atoms with E-state index in [4.69, 9.17) is 0 Å². The van der Waals surface area contributed by atoms with Crippen molar-refractivity contribution in [2.24, 2.45) is 0 Å². The van der Waals surface area contributed by atoms with Gasteiger partial charge in [-0.3, -0.25) is 24.3 Å². The van der Waals surface area contributed by atoms with E-state index in [9.17, 15) is 14.4 Å². The maximum absolute atomic E-state index is 12.4. The summed E-state index contributed by atoms with van der Waals surface area (Å²) >= 11 is 4.79. The highest BCUT2D eigenvalue weighted by atomic mass is 79.9. The topological polar surface area (TPSA) is 92.3 Å². The van der Waals surface area contributed by atoms with Gasteiger partial charge in [-0.05, 0) is 36.8 Å². The number of hydrogen-bond donors (Lipinski definition) is 1. The van der Waals surface area contributed by atoms with Crippen molar-refractivity contribution in [2.75, 3.05) is 6.54 Å². The van der Waals surface area contributed by atoms with Crippen LogP contribution in [0, 0.1) is 0 Å². The molecule has 1 N–H and O–H groups in total. The molecule has 0 saturated heterocycles. The van der Waals surface area contributed by atoms with Crippen molar-refractivity contribution in [3.05, 3.63) is 68.7 Å². The van der Waals surface area contributed by atoms with E-state index >= 15 is 0 Å². The van der Waals surface area contributed by atoms with Crippen LogP contribution in [0.15, 0.2) is 52.6 Å². The Balaban J connectivity index is 1.25. The highest BCUT2D eigenvalue weighted by Gasteiger charge is 2.35. The fourth-order valence-electron chi connectivity index (χ4n) is 3.17. The Hall–Kier alpha value is -2.91. The van der Waals surface area contributed by atoms with E-state index in [2.05, 4.69) is 31.2 Å². The Morgan fingerprint density at radius 1 is 1.10 bits per heavy atom. The number of benzene rings is 1. The summed E-state index contributed by atoms with van der Waals surface area (Å²) in [5.74, 6) is -0.771. The molecule has 30 heavy (non-hydrogen) atoms. The number of aromatic nitrogens is 2. The van der Waals surface area contributed by atoms with Gasteiger partial charge in [0.05, 0.1) is 23.4 Å². The van der Waals surface area contributed by atoms with Gasteiger partial charge in [0.2, 0.25) is 5.91 Å². The minimum absolute atomic E-state index is 0.144. The molecule has 0 saturated carbocycles.